The predicted octanol–water partition coefficient (Wildman–Crippen LogP) is 3.78. The summed E-state index contributed by atoms with van der Waals surface area (Å²) in [6.45, 7) is 4.71. The summed E-state index contributed by atoms with van der Waals surface area (Å²) in [6.07, 6.45) is 3.53. The topological polar surface area (TPSA) is 34.9 Å². The first kappa shape index (κ1) is 14.3. The van der Waals surface area contributed by atoms with Gasteiger partial charge in [-0.3, -0.25) is 4.79 Å². The van der Waals surface area contributed by atoms with E-state index in [1.54, 1.807) is 6.33 Å². The van der Waals surface area contributed by atoms with Crippen molar-refractivity contribution in [2.75, 3.05) is 0 Å². The lowest BCUT2D eigenvalue weighted by Crippen LogP contribution is -2.05. The molecule has 0 N–H and O–H groups in total. The van der Waals surface area contributed by atoms with Crippen LogP contribution in [0.2, 0.25) is 0 Å². The zero-order valence-corrected chi connectivity index (χ0v) is 12.8. The molecular weight excluding hydrogens is 272 g/mol. The van der Waals surface area contributed by atoms with Crippen molar-refractivity contribution in [3.63, 3.8) is 0 Å². The molecule has 0 unspecified atom stereocenters. The van der Waals surface area contributed by atoms with Crippen LogP contribution in [0.4, 0.5) is 0 Å². The molecule has 1 aromatic heterocycles. The van der Waals surface area contributed by atoms with E-state index in [0.29, 0.717) is 12.2 Å². The van der Waals surface area contributed by atoms with E-state index in [-0.39, 0.29) is 5.78 Å². The second-order valence-corrected chi connectivity index (χ2v) is 5.49. The Kier molecular flexibility index (Phi) is 3.88. The van der Waals surface area contributed by atoms with Gasteiger partial charge < -0.3 is 4.57 Å². The lowest BCUT2D eigenvalue weighted by Gasteiger charge is -2.05. The highest BCUT2D eigenvalue weighted by Crippen LogP contribution is 2.16. The normalized spacial score (nSPS) is 10.6. The molecule has 0 spiro atoms. The molecule has 2 aromatic carbocycles. The Bertz CT molecular complexity index is 803. The SMILES string of the molecule is Cc1cccc(C(=O)c2cn(Cc3ccccc3)cn2)c1C. The molecule has 0 fully saturated rings. The van der Waals surface area contributed by atoms with E-state index in [1.807, 2.05) is 61.0 Å². The van der Waals surface area contributed by atoms with Crippen LogP contribution in [0, 0.1) is 13.8 Å². The molecule has 0 bridgehead atoms. The predicted molar refractivity (Wildman–Crippen MR) is 87.1 cm³/mol. The highest BCUT2D eigenvalue weighted by Gasteiger charge is 2.15. The monoisotopic (exact) mass is 290 g/mol. The van der Waals surface area contributed by atoms with Crippen LogP contribution in [-0.4, -0.2) is 15.3 Å². The van der Waals surface area contributed by atoms with Crippen LogP contribution in [-0.2, 0) is 6.54 Å². The fourth-order valence-corrected chi connectivity index (χ4v) is 2.49. The number of imidazole rings is 1. The number of hydrogen-bond acceptors (Lipinski definition) is 2. The summed E-state index contributed by atoms with van der Waals surface area (Å²) in [5.74, 6) is -0.0204. The number of hydrogen-bond donors (Lipinski definition) is 0. The van der Waals surface area contributed by atoms with Crippen molar-refractivity contribution < 1.29 is 4.79 Å². The number of benzene rings is 2. The smallest absolute Gasteiger partial charge is 0.213 e. The summed E-state index contributed by atoms with van der Waals surface area (Å²) >= 11 is 0. The van der Waals surface area contributed by atoms with Gasteiger partial charge in [0.25, 0.3) is 0 Å². The highest BCUT2D eigenvalue weighted by molar-refractivity contribution is 6.08. The van der Waals surface area contributed by atoms with Gasteiger partial charge >= 0.3 is 0 Å². The maximum Gasteiger partial charge on any atom is 0.213 e. The molecule has 0 atom stereocenters. The fraction of sp³-hybridized carbons (Fsp3) is 0.158. The van der Waals surface area contributed by atoms with Crippen LogP contribution in [0.25, 0.3) is 0 Å². The average Bonchev–Trinajstić information content (AvgIpc) is 2.99. The van der Waals surface area contributed by atoms with Gasteiger partial charge in [0.2, 0.25) is 5.78 Å². The number of rotatable bonds is 4. The molecule has 3 aromatic rings. The van der Waals surface area contributed by atoms with Gasteiger partial charge in [0.1, 0.15) is 5.69 Å². The molecule has 0 amide bonds. The third-order valence-corrected chi connectivity index (χ3v) is 3.92. The van der Waals surface area contributed by atoms with Crippen molar-refractivity contribution in [1.29, 1.82) is 0 Å². The summed E-state index contributed by atoms with van der Waals surface area (Å²) < 4.78 is 1.94. The Morgan fingerprint density at radius 1 is 1.05 bits per heavy atom. The molecule has 3 nitrogen and oxygen atoms in total. The Morgan fingerprint density at radius 3 is 2.59 bits per heavy atom. The van der Waals surface area contributed by atoms with Crippen LogP contribution >= 0.6 is 0 Å². The molecule has 1 heterocycles. The Labute approximate surface area is 130 Å². The molecule has 110 valence electrons. The minimum atomic E-state index is -0.0204. The molecule has 3 rings (SSSR count). The summed E-state index contributed by atoms with van der Waals surface area (Å²) in [6, 6.07) is 15.9. The second kappa shape index (κ2) is 5.98. The highest BCUT2D eigenvalue weighted by atomic mass is 16.1. The Balaban J connectivity index is 1.84. The van der Waals surface area contributed by atoms with Gasteiger partial charge in [-0.2, -0.15) is 0 Å². The zero-order valence-electron chi connectivity index (χ0n) is 12.8. The van der Waals surface area contributed by atoms with Gasteiger partial charge in [-0.1, -0.05) is 48.5 Å². The molecular formula is C19H18N2O. The van der Waals surface area contributed by atoms with E-state index >= 15 is 0 Å². The Morgan fingerprint density at radius 2 is 1.82 bits per heavy atom. The standard InChI is InChI=1S/C19H18N2O/c1-14-7-6-10-17(15(14)2)19(22)18-12-21(13-20-18)11-16-8-4-3-5-9-16/h3-10,12-13H,11H2,1-2H3. The van der Waals surface area contributed by atoms with Gasteiger partial charge in [0, 0.05) is 18.3 Å². The van der Waals surface area contributed by atoms with Crippen molar-refractivity contribution in [2.24, 2.45) is 0 Å². The van der Waals surface area contributed by atoms with E-state index in [0.717, 1.165) is 16.7 Å². The lowest BCUT2D eigenvalue weighted by molar-refractivity contribution is 0.103. The second-order valence-electron chi connectivity index (χ2n) is 5.49. The zero-order chi connectivity index (χ0) is 15.5. The maximum atomic E-state index is 12.6. The molecule has 0 aliphatic rings. The van der Waals surface area contributed by atoms with Gasteiger partial charge in [-0.15, -0.1) is 0 Å². The fourth-order valence-electron chi connectivity index (χ4n) is 2.49. The number of ketones is 1. The van der Waals surface area contributed by atoms with Gasteiger partial charge in [-0.25, -0.2) is 4.98 Å². The van der Waals surface area contributed by atoms with Gasteiger partial charge in [0.05, 0.1) is 6.33 Å². The van der Waals surface area contributed by atoms with E-state index in [9.17, 15) is 4.79 Å². The summed E-state index contributed by atoms with van der Waals surface area (Å²) in [7, 11) is 0. The van der Waals surface area contributed by atoms with Crippen molar-refractivity contribution in [1.82, 2.24) is 9.55 Å². The number of nitrogens with zero attached hydrogens (tertiary/aromatic N) is 2. The van der Waals surface area contributed by atoms with Crippen molar-refractivity contribution in [3.8, 4) is 0 Å². The van der Waals surface area contributed by atoms with Gasteiger partial charge in [0.15, 0.2) is 0 Å². The third kappa shape index (κ3) is 2.84. The van der Waals surface area contributed by atoms with E-state index in [2.05, 4.69) is 17.1 Å². The van der Waals surface area contributed by atoms with Crippen LogP contribution in [0.3, 0.4) is 0 Å². The first-order valence-corrected chi connectivity index (χ1v) is 7.32. The number of carbonyl (C=O) groups excluding carboxylic acids is 1. The molecule has 0 aliphatic heterocycles. The molecule has 0 saturated carbocycles. The summed E-state index contributed by atoms with van der Waals surface area (Å²) in [5.41, 5.74) is 4.54. The molecule has 0 saturated heterocycles. The van der Waals surface area contributed by atoms with Crippen molar-refractivity contribution >= 4 is 5.78 Å². The first-order valence-electron chi connectivity index (χ1n) is 7.32. The largest absolute Gasteiger partial charge is 0.332 e. The maximum absolute atomic E-state index is 12.6. The Hall–Kier alpha value is -2.68. The van der Waals surface area contributed by atoms with Crippen LogP contribution in [0.5, 0.6) is 0 Å². The quantitative estimate of drug-likeness (QED) is 0.685. The number of aryl methyl sites for hydroxylation is 1. The van der Waals surface area contributed by atoms with E-state index in [4.69, 9.17) is 0 Å². The third-order valence-electron chi connectivity index (χ3n) is 3.92. The molecule has 0 aliphatic carbocycles. The average molecular weight is 290 g/mol. The first-order chi connectivity index (χ1) is 10.6. The molecule has 3 heteroatoms. The van der Waals surface area contributed by atoms with Crippen molar-refractivity contribution in [2.45, 2.75) is 20.4 Å². The summed E-state index contributed by atoms with van der Waals surface area (Å²) in [5, 5.41) is 0. The van der Waals surface area contributed by atoms with E-state index < -0.39 is 0 Å². The van der Waals surface area contributed by atoms with Crippen LogP contribution in [0.15, 0.2) is 61.1 Å². The lowest BCUT2D eigenvalue weighted by atomic mass is 9.99. The van der Waals surface area contributed by atoms with E-state index in [1.165, 1.54) is 5.56 Å². The number of aromatic nitrogens is 2. The van der Waals surface area contributed by atoms with Gasteiger partial charge in [-0.05, 0) is 30.5 Å². The summed E-state index contributed by atoms with van der Waals surface area (Å²) in [4.78, 5) is 16.9. The minimum Gasteiger partial charge on any atom is -0.332 e. The minimum absolute atomic E-state index is 0.0204. The van der Waals surface area contributed by atoms with Crippen LogP contribution in [0.1, 0.15) is 32.7 Å². The van der Waals surface area contributed by atoms with Crippen LogP contribution < -0.4 is 0 Å². The number of carbonyl (C=O) groups is 1. The molecule has 0 radical (unpaired) electrons. The molecule has 22 heavy (non-hydrogen) atoms. The van der Waals surface area contributed by atoms with Crippen molar-refractivity contribution in [3.05, 3.63) is 89.0 Å².